The topological polar surface area (TPSA) is 151 Å². The molecule has 298 valence electrons. The number of nitrogens with two attached hydrogens (primary N) is 3. The standard InChI is InChI=1S/C6H14.C5H12N2O.C5H11NO2.C5H13N.3C5H12.C4H8O/c1-5-6(2,3)4;1-3-4(2)7-5(6)8;1-3-4(2)5(7)8-6;1-4(2)5(3)6;3*1-4-5(2)3;1-3-4(2)5/h5H2,1-4H3;4H,3H2,1-2H3,(H3,6,7,8);4H,3,6H2,1-2H3;4-5H,6H2,1-3H3;3*5H,4H2,1-3H3;3H2,1-2H3. The Hall–Kier alpha value is -1.67. The minimum absolute atomic E-state index is 0.0694. The smallest absolute Gasteiger partial charge is 0.327 e. The molecule has 48 heavy (non-hydrogen) atoms. The fourth-order valence-corrected chi connectivity index (χ4v) is 0.628. The maximum Gasteiger partial charge on any atom is 0.327 e. The van der Waals surface area contributed by atoms with Gasteiger partial charge in [0.05, 0.1) is 5.92 Å². The van der Waals surface area contributed by atoms with Crippen molar-refractivity contribution in [1.82, 2.24) is 5.32 Å². The second kappa shape index (κ2) is 47.4. The molecule has 8 heteroatoms. The van der Waals surface area contributed by atoms with Crippen LogP contribution in [0, 0.1) is 35.0 Å². The molecule has 0 spiro atoms. The Labute approximate surface area is 303 Å². The van der Waals surface area contributed by atoms with Gasteiger partial charge >= 0.3 is 12.0 Å². The lowest BCUT2D eigenvalue weighted by molar-refractivity contribution is -0.148. The summed E-state index contributed by atoms with van der Waals surface area (Å²) >= 11 is 0. The number of hydrogen-bond acceptors (Lipinski definition) is 6. The number of primary amides is 1. The number of rotatable bonds is 9. The van der Waals surface area contributed by atoms with Gasteiger partial charge < -0.3 is 26.4 Å². The van der Waals surface area contributed by atoms with Gasteiger partial charge in [-0.05, 0) is 62.7 Å². The average molecular weight is 695 g/mol. The van der Waals surface area contributed by atoms with Crippen molar-refractivity contribution in [3.05, 3.63) is 0 Å². The zero-order valence-electron chi connectivity index (χ0n) is 36.9. The number of urea groups is 1. The van der Waals surface area contributed by atoms with Crippen LogP contribution in [0.3, 0.4) is 0 Å². The summed E-state index contributed by atoms with van der Waals surface area (Å²) in [6.07, 6.45) is 7.55. The molecule has 0 aromatic rings. The molecule has 2 amide bonds. The number of carbonyl (C=O) groups excluding carboxylic acids is 3. The highest BCUT2D eigenvalue weighted by molar-refractivity contribution is 5.74. The summed E-state index contributed by atoms with van der Waals surface area (Å²) in [6.45, 7) is 46.1. The van der Waals surface area contributed by atoms with E-state index < -0.39 is 6.03 Å². The molecule has 0 aliphatic heterocycles. The molecular weight excluding hydrogens is 600 g/mol. The van der Waals surface area contributed by atoms with Crippen molar-refractivity contribution in [1.29, 1.82) is 0 Å². The van der Waals surface area contributed by atoms with Crippen molar-refractivity contribution < 1.29 is 19.2 Å². The molecule has 0 rings (SSSR count). The first-order valence-electron chi connectivity index (χ1n) is 18.9. The molecule has 0 saturated carbocycles. The van der Waals surface area contributed by atoms with Crippen LogP contribution < -0.4 is 22.7 Å². The Morgan fingerprint density at radius 2 is 0.896 bits per heavy atom. The highest BCUT2D eigenvalue weighted by Gasteiger charge is 2.09. The van der Waals surface area contributed by atoms with Gasteiger partial charge in [0.25, 0.3) is 0 Å². The zero-order valence-corrected chi connectivity index (χ0v) is 36.9. The van der Waals surface area contributed by atoms with Crippen molar-refractivity contribution in [3.63, 3.8) is 0 Å². The number of amides is 2. The molecule has 0 bridgehead atoms. The van der Waals surface area contributed by atoms with Crippen LogP contribution in [-0.2, 0) is 14.4 Å². The lowest BCUT2D eigenvalue weighted by Gasteiger charge is -2.12. The van der Waals surface area contributed by atoms with Gasteiger partial charge in [0, 0.05) is 18.5 Å². The van der Waals surface area contributed by atoms with Gasteiger partial charge in [0.1, 0.15) is 5.78 Å². The lowest BCUT2D eigenvalue weighted by atomic mass is 9.94. The van der Waals surface area contributed by atoms with Crippen LogP contribution >= 0.6 is 0 Å². The number of carbonyl (C=O) groups is 3. The second-order valence-corrected chi connectivity index (χ2v) is 15.0. The number of ketones is 1. The maximum atomic E-state index is 10.4. The molecule has 0 aromatic heterocycles. The summed E-state index contributed by atoms with van der Waals surface area (Å²) in [6, 6.07) is 0.108. The molecule has 8 nitrogen and oxygen atoms in total. The number of Topliss-reactive ketones (excluding diaryl/α,β-unsaturated/α-hetero) is 1. The van der Waals surface area contributed by atoms with Gasteiger partial charge in [-0.2, -0.15) is 5.90 Å². The molecule has 3 atom stereocenters. The van der Waals surface area contributed by atoms with Crippen LogP contribution in [-0.4, -0.2) is 29.9 Å². The molecule has 0 aromatic carbocycles. The van der Waals surface area contributed by atoms with Gasteiger partial charge in [-0.15, -0.1) is 0 Å². The Kier molecular flexibility index (Phi) is 64.0. The molecule has 0 heterocycles. The lowest BCUT2D eigenvalue weighted by Crippen LogP contribution is -2.36. The van der Waals surface area contributed by atoms with Crippen molar-refractivity contribution >= 4 is 17.8 Å². The largest absolute Gasteiger partial charge is 0.373 e. The molecule has 0 aliphatic carbocycles. The van der Waals surface area contributed by atoms with Crippen LogP contribution in [0.5, 0.6) is 0 Å². The highest BCUT2D eigenvalue weighted by Crippen LogP contribution is 2.16. The first-order valence-corrected chi connectivity index (χ1v) is 18.9. The number of nitrogens with one attached hydrogen (secondary N) is 1. The number of hydrogen-bond donors (Lipinski definition) is 4. The highest BCUT2D eigenvalue weighted by atomic mass is 16.7. The summed E-state index contributed by atoms with van der Waals surface area (Å²) in [5.74, 6) is 7.73. The Morgan fingerprint density at radius 3 is 0.938 bits per heavy atom. The Morgan fingerprint density at radius 1 is 0.646 bits per heavy atom. The Balaban J connectivity index is -0.0000000640. The third-order valence-corrected chi connectivity index (χ3v) is 7.19. The van der Waals surface area contributed by atoms with Crippen molar-refractivity contribution in [3.8, 4) is 0 Å². The SMILES string of the molecule is CC(C)C(C)N.CCC(C)(C)C.CCC(C)=O.CCC(C)C.CCC(C)C.CCC(C)C.CCC(C)C(=O)ON.CCC(C)NC(N)=O. The minimum atomic E-state index is -0.445. The van der Waals surface area contributed by atoms with Gasteiger partial charge in [-0.1, -0.05) is 157 Å². The van der Waals surface area contributed by atoms with E-state index in [4.69, 9.17) is 11.5 Å². The van der Waals surface area contributed by atoms with E-state index in [2.05, 4.69) is 120 Å². The first kappa shape index (κ1) is 64.8. The van der Waals surface area contributed by atoms with E-state index in [0.29, 0.717) is 23.8 Å². The molecule has 0 aliphatic rings. The predicted molar refractivity (Wildman–Crippen MR) is 217 cm³/mol. The van der Waals surface area contributed by atoms with Gasteiger partial charge in [-0.25, -0.2) is 4.79 Å². The summed E-state index contributed by atoms with van der Waals surface area (Å²) in [4.78, 5) is 34.3. The molecule has 3 unspecified atom stereocenters. The summed E-state index contributed by atoms with van der Waals surface area (Å²) < 4.78 is 0. The monoisotopic (exact) mass is 695 g/mol. The normalized spacial score (nSPS) is 11.5. The summed E-state index contributed by atoms with van der Waals surface area (Å²) in [5, 5.41) is 2.53. The van der Waals surface area contributed by atoms with Crippen LogP contribution in [0.15, 0.2) is 0 Å². The van der Waals surface area contributed by atoms with E-state index in [1.807, 2.05) is 34.6 Å². The van der Waals surface area contributed by atoms with E-state index in [9.17, 15) is 14.4 Å². The predicted octanol–water partition coefficient (Wildman–Crippen LogP) is 11.5. The van der Waals surface area contributed by atoms with Gasteiger partial charge in [0.15, 0.2) is 0 Å². The van der Waals surface area contributed by atoms with E-state index in [-0.39, 0.29) is 23.7 Å². The van der Waals surface area contributed by atoms with Crippen molar-refractivity contribution in [2.75, 3.05) is 0 Å². The maximum absolute atomic E-state index is 10.4. The second-order valence-electron chi connectivity index (χ2n) is 15.0. The fourth-order valence-electron chi connectivity index (χ4n) is 0.628. The summed E-state index contributed by atoms with van der Waals surface area (Å²) in [5.41, 5.74) is 10.8. The minimum Gasteiger partial charge on any atom is -0.373 e. The quantitative estimate of drug-likeness (QED) is 0.176. The van der Waals surface area contributed by atoms with Crippen LogP contribution in [0.1, 0.15) is 197 Å². The zero-order chi connectivity index (χ0) is 40.6. The van der Waals surface area contributed by atoms with Crippen LogP contribution in [0.2, 0.25) is 0 Å². The van der Waals surface area contributed by atoms with Crippen molar-refractivity contribution in [2.24, 2.45) is 52.4 Å². The van der Waals surface area contributed by atoms with E-state index in [1.54, 1.807) is 13.8 Å². The van der Waals surface area contributed by atoms with Crippen LogP contribution in [0.4, 0.5) is 4.79 Å². The third kappa shape index (κ3) is 111. The first-order chi connectivity index (χ1) is 21.7. The molecule has 0 saturated heterocycles. The van der Waals surface area contributed by atoms with Gasteiger partial charge in [-0.3, -0.25) is 4.79 Å². The van der Waals surface area contributed by atoms with Crippen molar-refractivity contribution in [2.45, 2.75) is 209 Å². The molecule has 0 fully saturated rings. The van der Waals surface area contributed by atoms with E-state index in [1.165, 1.54) is 25.7 Å². The molecule has 7 N–H and O–H groups in total. The average Bonchev–Trinajstić information content (AvgIpc) is 3.01. The molecule has 0 radical (unpaired) electrons. The van der Waals surface area contributed by atoms with Gasteiger partial charge in [0.2, 0.25) is 0 Å². The summed E-state index contributed by atoms with van der Waals surface area (Å²) in [7, 11) is 0. The van der Waals surface area contributed by atoms with E-state index in [0.717, 1.165) is 30.6 Å². The fraction of sp³-hybridized carbons (Fsp3) is 0.925. The Bertz CT molecular complexity index is 604. The molecular formula is C40H94N4O4. The van der Waals surface area contributed by atoms with E-state index >= 15 is 0 Å². The third-order valence-electron chi connectivity index (χ3n) is 7.19. The van der Waals surface area contributed by atoms with Crippen LogP contribution in [0.25, 0.3) is 0 Å².